The smallest absolute Gasteiger partial charge is 0.342 e. The predicted molar refractivity (Wildman–Crippen MR) is 132 cm³/mol. The van der Waals surface area contributed by atoms with E-state index < -0.39 is 47.2 Å². The fourth-order valence-electron chi connectivity index (χ4n) is 5.94. The summed E-state index contributed by atoms with van der Waals surface area (Å²) in [6, 6.07) is 6.97. The molecule has 4 rings (SSSR count). The van der Waals surface area contributed by atoms with Gasteiger partial charge in [0.2, 0.25) is 5.91 Å². The van der Waals surface area contributed by atoms with Gasteiger partial charge in [-0.2, -0.15) is 26.3 Å². The topological polar surface area (TPSA) is 43.9 Å². The first-order valence-electron chi connectivity index (χ1n) is 12.7. The molecule has 4 atom stereocenters. The van der Waals surface area contributed by atoms with Gasteiger partial charge in [-0.1, -0.05) is 30.3 Å². The minimum absolute atomic E-state index is 0.0569. The van der Waals surface area contributed by atoms with Crippen LogP contribution in [0.25, 0.3) is 0 Å². The number of carbonyl (C=O) groups excluding carboxylic acids is 2. The van der Waals surface area contributed by atoms with Gasteiger partial charge in [-0.3, -0.25) is 4.79 Å². The summed E-state index contributed by atoms with van der Waals surface area (Å²) >= 11 is 0. The fraction of sp³-hybridized carbons (Fsp3) is 0.500. The Hall–Kier alpha value is -3.24. The first kappa shape index (κ1) is 28.8. The van der Waals surface area contributed by atoms with Crippen LogP contribution in [0.1, 0.15) is 60.2 Å². The van der Waals surface area contributed by atoms with Crippen LogP contribution in [0, 0.1) is 18.8 Å². The highest BCUT2D eigenvalue weighted by atomic mass is 19.4. The summed E-state index contributed by atoms with van der Waals surface area (Å²) in [7, 11) is 1.36. The van der Waals surface area contributed by atoms with E-state index in [2.05, 4.69) is 0 Å². The normalized spacial score (nSPS) is 22.5. The number of aryl methyl sites for hydroxylation is 1. The van der Waals surface area contributed by atoms with Crippen molar-refractivity contribution in [3.05, 3.63) is 70.3 Å². The number of likely N-dealkylation sites (tertiary alicyclic amines) is 2. The molecular weight excluding hydrogens is 524 g/mol. The van der Waals surface area contributed by atoms with Crippen LogP contribution >= 0.6 is 0 Å². The molecule has 0 radical (unpaired) electrons. The number of hydrogen-bond acceptors (Lipinski definition) is 2. The monoisotopic (exact) mass is 555 g/mol. The van der Waals surface area contributed by atoms with Crippen molar-refractivity contribution in [3.8, 4) is 0 Å². The zero-order chi connectivity index (χ0) is 28.9. The van der Waals surface area contributed by atoms with Gasteiger partial charge >= 0.3 is 18.4 Å². The second-order valence-electron chi connectivity index (χ2n) is 10.5. The number of urea groups is 1. The molecule has 39 heavy (non-hydrogen) atoms. The van der Waals surface area contributed by atoms with Crippen LogP contribution in [0.4, 0.5) is 31.1 Å². The minimum Gasteiger partial charge on any atom is -0.342 e. The molecular formula is C28H31F6N3O2. The van der Waals surface area contributed by atoms with E-state index in [4.69, 9.17) is 0 Å². The molecule has 2 unspecified atom stereocenters. The van der Waals surface area contributed by atoms with Crippen LogP contribution in [0.2, 0.25) is 0 Å². The highest BCUT2D eigenvalue weighted by Crippen LogP contribution is 2.46. The molecule has 0 N–H and O–H groups in total. The predicted octanol–water partition coefficient (Wildman–Crippen LogP) is 6.69. The van der Waals surface area contributed by atoms with Gasteiger partial charge in [0.05, 0.1) is 23.2 Å². The summed E-state index contributed by atoms with van der Waals surface area (Å²) in [6.07, 6.45) is -9.36. The molecule has 2 fully saturated rings. The molecule has 2 aliphatic heterocycles. The van der Waals surface area contributed by atoms with Crippen molar-refractivity contribution in [2.45, 2.75) is 51.6 Å². The number of piperidine rings is 1. The molecule has 2 aromatic rings. The Kier molecular flexibility index (Phi) is 7.66. The maximum atomic E-state index is 13.9. The molecule has 0 aliphatic carbocycles. The SMILES string of the molecule is CC(=O)N1CC2CCN(C(=O)N(C)C(C)c3ccc(C(F)(F)F)cc3C(F)(F)F)[C@@H](c3ccccc3C)[C@@H]2C1. The largest absolute Gasteiger partial charge is 0.416 e. The van der Waals surface area contributed by atoms with Gasteiger partial charge in [-0.05, 0) is 55.0 Å². The van der Waals surface area contributed by atoms with Gasteiger partial charge in [0, 0.05) is 39.5 Å². The van der Waals surface area contributed by atoms with Crippen molar-refractivity contribution in [1.82, 2.24) is 14.7 Å². The molecule has 3 amide bonds. The Labute approximate surface area is 223 Å². The van der Waals surface area contributed by atoms with Gasteiger partial charge in [0.25, 0.3) is 0 Å². The lowest BCUT2D eigenvalue weighted by Gasteiger charge is -2.45. The number of hydrogen-bond donors (Lipinski definition) is 0. The minimum atomic E-state index is -5.04. The number of benzene rings is 2. The van der Waals surface area contributed by atoms with E-state index in [9.17, 15) is 35.9 Å². The van der Waals surface area contributed by atoms with Crippen LogP contribution in [-0.2, 0) is 17.1 Å². The van der Waals surface area contributed by atoms with Crippen molar-refractivity contribution in [2.24, 2.45) is 11.8 Å². The van der Waals surface area contributed by atoms with E-state index >= 15 is 0 Å². The first-order chi connectivity index (χ1) is 18.1. The fourth-order valence-corrected chi connectivity index (χ4v) is 5.94. The lowest BCUT2D eigenvalue weighted by atomic mass is 9.78. The van der Waals surface area contributed by atoms with Crippen molar-refractivity contribution >= 4 is 11.9 Å². The van der Waals surface area contributed by atoms with E-state index in [1.54, 1.807) is 9.80 Å². The lowest BCUT2D eigenvalue weighted by Crippen LogP contribution is -2.51. The number of halogens is 6. The average molecular weight is 556 g/mol. The Morgan fingerprint density at radius 1 is 1.00 bits per heavy atom. The molecule has 0 aromatic heterocycles. The number of fused-ring (bicyclic) bond motifs is 1. The van der Waals surface area contributed by atoms with Crippen molar-refractivity contribution in [3.63, 3.8) is 0 Å². The Morgan fingerprint density at radius 2 is 1.67 bits per heavy atom. The van der Waals surface area contributed by atoms with Gasteiger partial charge in [-0.15, -0.1) is 0 Å². The zero-order valence-electron chi connectivity index (χ0n) is 22.1. The van der Waals surface area contributed by atoms with Gasteiger partial charge < -0.3 is 14.7 Å². The third-order valence-electron chi connectivity index (χ3n) is 8.19. The third-order valence-corrected chi connectivity index (χ3v) is 8.19. The van der Waals surface area contributed by atoms with Crippen LogP contribution in [0.3, 0.4) is 0 Å². The van der Waals surface area contributed by atoms with Crippen LogP contribution in [0.15, 0.2) is 42.5 Å². The number of nitrogens with zero attached hydrogens (tertiary/aromatic N) is 3. The van der Waals surface area contributed by atoms with Crippen molar-refractivity contribution < 1.29 is 35.9 Å². The molecule has 5 nitrogen and oxygen atoms in total. The Balaban J connectivity index is 1.70. The van der Waals surface area contributed by atoms with Gasteiger partial charge in [0.15, 0.2) is 0 Å². The summed E-state index contributed by atoms with van der Waals surface area (Å²) in [5.41, 5.74) is -1.40. The molecule has 0 bridgehead atoms. The van der Waals surface area contributed by atoms with E-state index in [0.717, 1.165) is 22.1 Å². The second kappa shape index (κ2) is 10.4. The number of carbonyl (C=O) groups is 2. The maximum absolute atomic E-state index is 13.9. The summed E-state index contributed by atoms with van der Waals surface area (Å²) < 4.78 is 81.1. The zero-order valence-corrected chi connectivity index (χ0v) is 22.1. The Morgan fingerprint density at radius 3 is 2.26 bits per heavy atom. The van der Waals surface area contributed by atoms with E-state index in [-0.39, 0.29) is 23.8 Å². The first-order valence-corrected chi connectivity index (χ1v) is 12.7. The molecule has 0 spiro atoms. The maximum Gasteiger partial charge on any atom is 0.416 e. The van der Waals surface area contributed by atoms with Crippen LogP contribution in [-0.4, -0.2) is 53.3 Å². The number of amides is 3. The summed E-state index contributed by atoms with van der Waals surface area (Å²) in [5.74, 6) is 0.0452. The highest BCUT2D eigenvalue weighted by Gasteiger charge is 2.48. The molecule has 2 saturated heterocycles. The number of alkyl halides is 6. The van der Waals surface area contributed by atoms with E-state index in [1.165, 1.54) is 20.9 Å². The van der Waals surface area contributed by atoms with Crippen molar-refractivity contribution in [1.29, 1.82) is 0 Å². The number of rotatable bonds is 3. The standard InChI is InChI=1S/C28H31F6N3O2/c1-16-7-5-6-8-21(16)25-23-15-36(18(3)38)14-19(23)11-12-37(25)26(39)35(4)17(2)22-10-9-20(27(29,30)31)13-24(22)28(32,33)34/h5-10,13,17,19,23,25H,11-12,14-15H2,1-4H3/t17?,19?,23-,25+/m1/s1. The molecule has 212 valence electrons. The lowest BCUT2D eigenvalue weighted by molar-refractivity contribution is -0.143. The van der Waals surface area contributed by atoms with Crippen LogP contribution < -0.4 is 0 Å². The van der Waals surface area contributed by atoms with Crippen LogP contribution in [0.5, 0.6) is 0 Å². The van der Waals surface area contributed by atoms with E-state index in [0.29, 0.717) is 32.1 Å². The molecule has 2 aliphatic rings. The average Bonchev–Trinajstić information content (AvgIpc) is 3.31. The third kappa shape index (κ3) is 5.58. The van der Waals surface area contributed by atoms with E-state index in [1.807, 2.05) is 31.2 Å². The van der Waals surface area contributed by atoms with Crippen molar-refractivity contribution in [2.75, 3.05) is 26.7 Å². The van der Waals surface area contributed by atoms with Gasteiger partial charge in [-0.25, -0.2) is 4.79 Å². The second-order valence-corrected chi connectivity index (χ2v) is 10.5. The van der Waals surface area contributed by atoms with Gasteiger partial charge in [0.1, 0.15) is 0 Å². The molecule has 2 heterocycles. The Bertz CT molecular complexity index is 1240. The quantitative estimate of drug-likeness (QED) is 0.397. The molecule has 2 aromatic carbocycles. The summed E-state index contributed by atoms with van der Waals surface area (Å²) in [6.45, 7) is 6.17. The highest BCUT2D eigenvalue weighted by molar-refractivity contribution is 5.76. The summed E-state index contributed by atoms with van der Waals surface area (Å²) in [5, 5.41) is 0. The molecule has 11 heteroatoms. The molecule has 0 saturated carbocycles. The summed E-state index contributed by atoms with van der Waals surface area (Å²) in [4.78, 5) is 30.6.